The quantitative estimate of drug-likeness (QED) is 0.422. The van der Waals surface area contributed by atoms with E-state index >= 15 is 0 Å². The van der Waals surface area contributed by atoms with Gasteiger partial charge in [0.05, 0.1) is 7.11 Å². The van der Waals surface area contributed by atoms with Gasteiger partial charge in [-0.1, -0.05) is 0 Å². The van der Waals surface area contributed by atoms with Crippen LogP contribution in [-0.2, 0) is 13.7 Å². The fraction of sp³-hybridized carbons (Fsp3) is 0.125. The van der Waals surface area contributed by atoms with Crippen LogP contribution in [0.1, 0.15) is 26.8 Å². The first-order valence-corrected chi connectivity index (χ1v) is 10.1. The zero-order valence-electron chi connectivity index (χ0n) is 18.1. The van der Waals surface area contributed by atoms with Crippen molar-refractivity contribution in [2.24, 2.45) is 7.05 Å². The topological polar surface area (TPSA) is 108 Å². The summed E-state index contributed by atoms with van der Waals surface area (Å²) in [6.45, 7) is 0.185. The summed E-state index contributed by atoms with van der Waals surface area (Å²) in [4.78, 5) is 24.6. The Morgan fingerprint density at radius 3 is 2.12 bits per heavy atom. The first-order chi connectivity index (χ1) is 16.0. The number of hydrogen-bond donors (Lipinski definition) is 2. The lowest BCUT2D eigenvalue weighted by atomic mass is 10.2. The van der Waals surface area contributed by atoms with Gasteiger partial charge >= 0.3 is 0 Å². The van der Waals surface area contributed by atoms with Crippen LogP contribution < -0.4 is 20.1 Å². The molecule has 0 bridgehead atoms. The molecule has 0 aliphatic carbocycles. The highest BCUT2D eigenvalue weighted by Gasteiger charge is 2.13. The molecule has 4 rings (SSSR count). The second kappa shape index (κ2) is 9.73. The molecule has 2 aromatic carbocycles. The van der Waals surface area contributed by atoms with Crippen LogP contribution in [-0.4, -0.2) is 28.7 Å². The van der Waals surface area contributed by atoms with Crippen LogP contribution in [0.2, 0.25) is 0 Å². The lowest BCUT2D eigenvalue weighted by Gasteiger charge is -2.07. The number of nitrogens with zero attached hydrogens (tertiary/aromatic N) is 2. The van der Waals surface area contributed by atoms with Gasteiger partial charge in [-0.2, -0.15) is 5.10 Å². The van der Waals surface area contributed by atoms with E-state index in [9.17, 15) is 9.59 Å². The van der Waals surface area contributed by atoms with E-state index < -0.39 is 5.91 Å². The summed E-state index contributed by atoms with van der Waals surface area (Å²) in [5, 5.41) is 9.57. The maximum atomic E-state index is 12.5. The summed E-state index contributed by atoms with van der Waals surface area (Å²) in [5.74, 6) is 1.37. The molecule has 168 valence electrons. The third-order valence-corrected chi connectivity index (χ3v) is 4.67. The molecule has 2 N–H and O–H groups in total. The second-order valence-corrected chi connectivity index (χ2v) is 7.09. The fourth-order valence-electron chi connectivity index (χ4n) is 2.96. The molecule has 9 nitrogen and oxygen atoms in total. The highest BCUT2D eigenvalue weighted by molar-refractivity contribution is 6.04. The first-order valence-electron chi connectivity index (χ1n) is 10.1. The molecular weight excluding hydrogens is 424 g/mol. The number of carbonyl (C=O) groups is 2. The molecule has 0 saturated carbocycles. The van der Waals surface area contributed by atoms with Crippen molar-refractivity contribution in [3.05, 3.63) is 90.1 Å². The van der Waals surface area contributed by atoms with Crippen LogP contribution in [0.5, 0.6) is 11.5 Å². The summed E-state index contributed by atoms with van der Waals surface area (Å²) < 4.78 is 17.9. The Morgan fingerprint density at radius 2 is 1.52 bits per heavy atom. The third kappa shape index (κ3) is 5.59. The summed E-state index contributed by atoms with van der Waals surface area (Å²) in [7, 11) is 3.34. The van der Waals surface area contributed by atoms with Crippen molar-refractivity contribution in [2.75, 3.05) is 17.7 Å². The first kappa shape index (κ1) is 21.7. The number of ether oxygens (including phenoxy) is 2. The number of carbonyl (C=O) groups excluding carboxylic acids is 2. The Labute approximate surface area is 189 Å². The van der Waals surface area contributed by atoms with Crippen molar-refractivity contribution in [3.8, 4) is 11.5 Å². The minimum Gasteiger partial charge on any atom is -0.497 e. The van der Waals surface area contributed by atoms with Crippen molar-refractivity contribution >= 4 is 23.2 Å². The number of amides is 2. The van der Waals surface area contributed by atoms with E-state index in [4.69, 9.17) is 13.9 Å². The van der Waals surface area contributed by atoms with E-state index in [0.717, 1.165) is 5.75 Å². The number of aryl methyl sites for hydroxylation is 1. The molecule has 0 aliphatic heterocycles. The van der Waals surface area contributed by atoms with Crippen molar-refractivity contribution in [1.29, 1.82) is 0 Å². The fourth-order valence-corrected chi connectivity index (χ4v) is 2.96. The predicted molar refractivity (Wildman–Crippen MR) is 122 cm³/mol. The molecule has 0 radical (unpaired) electrons. The summed E-state index contributed by atoms with van der Waals surface area (Å²) in [6, 6.07) is 18.8. The van der Waals surface area contributed by atoms with Gasteiger partial charge in [0.1, 0.15) is 23.9 Å². The Morgan fingerprint density at radius 1 is 0.879 bits per heavy atom. The van der Waals surface area contributed by atoms with Gasteiger partial charge in [0.2, 0.25) is 0 Å². The predicted octanol–water partition coefficient (Wildman–Crippen LogP) is 4.11. The number of methoxy groups -OCH3 is 1. The number of anilines is 2. The molecule has 9 heteroatoms. The molecule has 0 spiro atoms. The van der Waals surface area contributed by atoms with E-state index in [1.165, 1.54) is 0 Å². The van der Waals surface area contributed by atoms with Gasteiger partial charge in [0.15, 0.2) is 11.5 Å². The number of nitrogens with one attached hydrogen (secondary N) is 2. The van der Waals surface area contributed by atoms with Gasteiger partial charge in [0, 0.05) is 24.6 Å². The lowest BCUT2D eigenvalue weighted by molar-refractivity contribution is 0.0990. The zero-order valence-corrected chi connectivity index (χ0v) is 18.1. The van der Waals surface area contributed by atoms with Crippen molar-refractivity contribution in [3.63, 3.8) is 0 Å². The molecule has 2 heterocycles. The van der Waals surface area contributed by atoms with E-state index in [1.54, 1.807) is 91.8 Å². The van der Waals surface area contributed by atoms with Crippen LogP contribution in [0.25, 0.3) is 0 Å². The van der Waals surface area contributed by atoms with Crippen LogP contribution in [0, 0.1) is 0 Å². The van der Waals surface area contributed by atoms with Gasteiger partial charge in [-0.3, -0.25) is 14.3 Å². The van der Waals surface area contributed by atoms with Gasteiger partial charge < -0.3 is 24.5 Å². The Hall–Kier alpha value is -4.53. The molecule has 2 aromatic heterocycles. The number of hydrogen-bond acceptors (Lipinski definition) is 6. The van der Waals surface area contributed by atoms with Crippen LogP contribution in [0.4, 0.5) is 11.4 Å². The molecule has 2 amide bonds. The number of aromatic nitrogens is 2. The Balaban J connectivity index is 1.30. The average molecular weight is 446 g/mol. The minimum atomic E-state index is -0.393. The van der Waals surface area contributed by atoms with E-state index in [0.29, 0.717) is 28.6 Å². The van der Waals surface area contributed by atoms with E-state index in [1.807, 2.05) is 0 Å². The number of benzene rings is 2. The number of rotatable bonds is 8. The third-order valence-electron chi connectivity index (χ3n) is 4.67. The van der Waals surface area contributed by atoms with Gasteiger partial charge in [-0.15, -0.1) is 0 Å². The summed E-state index contributed by atoms with van der Waals surface area (Å²) in [6.07, 6.45) is 1.69. The maximum Gasteiger partial charge on any atom is 0.291 e. The van der Waals surface area contributed by atoms with Crippen LogP contribution in [0.15, 0.2) is 77.3 Å². The van der Waals surface area contributed by atoms with Crippen molar-refractivity contribution < 1.29 is 23.5 Å². The summed E-state index contributed by atoms with van der Waals surface area (Å²) >= 11 is 0. The largest absolute Gasteiger partial charge is 0.497 e. The minimum absolute atomic E-state index is 0.163. The molecule has 0 atom stereocenters. The monoisotopic (exact) mass is 446 g/mol. The zero-order chi connectivity index (χ0) is 23.2. The van der Waals surface area contributed by atoms with Crippen molar-refractivity contribution in [2.45, 2.75) is 6.61 Å². The SMILES string of the molecule is COc1ccc(OCc2ccc(C(=O)Nc3ccc(NC(=O)c4ccn(C)n4)cc3)o2)cc1. The second-order valence-electron chi connectivity index (χ2n) is 7.09. The molecule has 33 heavy (non-hydrogen) atoms. The Kier molecular flexibility index (Phi) is 6.40. The molecule has 0 saturated heterocycles. The maximum absolute atomic E-state index is 12.5. The van der Waals surface area contributed by atoms with Crippen LogP contribution >= 0.6 is 0 Å². The molecular formula is C24H22N4O5. The Bertz CT molecular complexity index is 1240. The van der Waals surface area contributed by atoms with Gasteiger partial charge in [0.25, 0.3) is 11.8 Å². The summed E-state index contributed by atoms with van der Waals surface area (Å²) in [5.41, 5.74) is 1.46. The molecule has 4 aromatic rings. The average Bonchev–Trinajstić information content (AvgIpc) is 3.48. The normalized spacial score (nSPS) is 10.5. The van der Waals surface area contributed by atoms with E-state index in [-0.39, 0.29) is 18.3 Å². The molecule has 0 unspecified atom stereocenters. The highest BCUT2D eigenvalue weighted by atomic mass is 16.5. The molecule has 0 fully saturated rings. The standard InChI is InChI=1S/C24H22N4O5/c1-28-14-13-21(27-28)23(29)25-16-3-5-17(6-4-16)26-24(30)22-12-11-20(33-22)15-32-19-9-7-18(31-2)8-10-19/h3-14H,15H2,1-2H3,(H,25,29)(H,26,30). The molecule has 0 aliphatic rings. The highest BCUT2D eigenvalue weighted by Crippen LogP contribution is 2.20. The van der Waals surface area contributed by atoms with Crippen LogP contribution in [0.3, 0.4) is 0 Å². The van der Waals surface area contributed by atoms with E-state index in [2.05, 4.69) is 15.7 Å². The number of furan rings is 1. The van der Waals surface area contributed by atoms with Gasteiger partial charge in [-0.05, 0) is 66.7 Å². The van der Waals surface area contributed by atoms with Crippen molar-refractivity contribution in [1.82, 2.24) is 9.78 Å². The van der Waals surface area contributed by atoms with Gasteiger partial charge in [-0.25, -0.2) is 0 Å². The lowest BCUT2D eigenvalue weighted by Crippen LogP contribution is -2.13. The smallest absolute Gasteiger partial charge is 0.291 e.